The highest BCUT2D eigenvalue weighted by atomic mass is 32.2. The number of nitrogens with one attached hydrogen (secondary N) is 2. The van der Waals surface area contributed by atoms with Crippen LogP contribution in [0.2, 0.25) is 0 Å². The van der Waals surface area contributed by atoms with E-state index in [0.717, 1.165) is 42.0 Å². The summed E-state index contributed by atoms with van der Waals surface area (Å²) in [5, 5.41) is 15.6. The lowest BCUT2D eigenvalue weighted by molar-refractivity contribution is -0.136. The van der Waals surface area contributed by atoms with E-state index >= 15 is 0 Å². The predicted molar refractivity (Wildman–Crippen MR) is 159 cm³/mol. The number of nitrogens with zero attached hydrogens (tertiary/aromatic N) is 6. The Bertz CT molecular complexity index is 1280. The largest absolute Gasteiger partial charge is 0.383 e. The molecule has 0 aliphatic carbocycles. The number of thioether (sulfide) groups is 1. The molecule has 0 unspecified atom stereocenters. The highest BCUT2D eigenvalue weighted by Crippen LogP contribution is 2.32. The molecule has 2 aliphatic rings. The van der Waals surface area contributed by atoms with E-state index < -0.39 is 6.29 Å². The lowest BCUT2D eigenvalue weighted by Crippen LogP contribution is -2.48. The fourth-order valence-electron chi connectivity index (χ4n) is 4.94. The second kappa shape index (κ2) is 14.5. The second-order valence-corrected chi connectivity index (χ2v) is 11.3. The van der Waals surface area contributed by atoms with Gasteiger partial charge in [0.25, 0.3) is 0 Å². The number of methoxy groups -OCH3 is 2. The summed E-state index contributed by atoms with van der Waals surface area (Å²) in [5.74, 6) is 2.84. The minimum Gasteiger partial charge on any atom is -0.383 e. The van der Waals surface area contributed by atoms with Crippen LogP contribution >= 0.6 is 11.8 Å². The number of hydrogen-bond donors (Lipinski definition) is 2. The van der Waals surface area contributed by atoms with E-state index in [1.165, 1.54) is 20.4 Å². The number of rotatable bonds is 11. The smallest absolute Gasteiger partial charge is 0.328 e. The molecule has 220 valence electrons. The molecule has 2 aliphatic heterocycles. The number of hydrogen-bond acceptors (Lipinski definition) is 10. The van der Waals surface area contributed by atoms with Crippen molar-refractivity contribution in [3.63, 3.8) is 0 Å². The van der Waals surface area contributed by atoms with Crippen LogP contribution in [0.15, 0.2) is 18.3 Å². The molecular weight excluding hydrogens is 544 g/mol. The number of fused-ring (bicyclic) bond motifs is 1. The average molecular weight is 583 g/mol. The van der Waals surface area contributed by atoms with Crippen LogP contribution in [0.5, 0.6) is 0 Å². The number of likely N-dealkylation sites (N-methyl/N-ethyl adjacent to an activating group) is 1. The van der Waals surface area contributed by atoms with E-state index in [1.807, 2.05) is 22.9 Å². The topological polar surface area (TPSA) is 136 Å². The van der Waals surface area contributed by atoms with Crippen molar-refractivity contribution in [2.45, 2.75) is 32.6 Å². The zero-order valence-electron chi connectivity index (χ0n) is 24.1. The zero-order chi connectivity index (χ0) is 29.4. The lowest BCUT2D eigenvalue weighted by atomic mass is 10.0. The third-order valence-electron chi connectivity index (χ3n) is 7.07. The molecule has 4 rings (SSSR count). The fraction of sp³-hybridized carbons (Fsp3) is 0.536. The first-order valence-electron chi connectivity index (χ1n) is 13.7. The molecule has 1 fully saturated rings. The first kappa shape index (κ1) is 30.5. The standard InChI is InChI=1S/C28H38N8O4S/c1-5-41-12-8-30-22-14-23(31-16-21(22)15-29)32-28(38)36-9-6-7-19-13-20(17-35-11-10-34(2)18-24(35)37)25(33-26(19)36)27(39-3)40-4/h13-14,16,27H,5-12,17-18H2,1-4H3,(H2,30,31,32,38). The first-order valence-corrected chi connectivity index (χ1v) is 14.9. The average Bonchev–Trinajstić information content (AvgIpc) is 2.97. The number of carbonyl (C=O) groups is 2. The summed E-state index contributed by atoms with van der Waals surface area (Å²) in [6.45, 7) is 5.45. The van der Waals surface area contributed by atoms with Gasteiger partial charge in [0.1, 0.15) is 23.4 Å². The van der Waals surface area contributed by atoms with E-state index in [9.17, 15) is 14.9 Å². The van der Waals surface area contributed by atoms with Gasteiger partial charge in [0.2, 0.25) is 12.2 Å². The number of aromatic nitrogens is 2. The molecule has 2 aromatic rings. The molecule has 0 saturated carbocycles. The van der Waals surface area contributed by atoms with Gasteiger partial charge < -0.3 is 19.7 Å². The van der Waals surface area contributed by atoms with Gasteiger partial charge in [-0.25, -0.2) is 14.8 Å². The maximum atomic E-state index is 13.5. The normalized spacial score (nSPS) is 15.6. The van der Waals surface area contributed by atoms with Crippen molar-refractivity contribution in [3.05, 3.63) is 40.7 Å². The molecule has 4 heterocycles. The van der Waals surface area contributed by atoms with E-state index in [1.54, 1.807) is 22.7 Å². The van der Waals surface area contributed by atoms with Crippen molar-refractivity contribution >= 4 is 41.0 Å². The number of carbonyl (C=O) groups excluding carboxylic acids is 2. The Kier molecular flexibility index (Phi) is 10.8. The van der Waals surface area contributed by atoms with Crippen LogP contribution in [0.4, 0.5) is 22.1 Å². The maximum absolute atomic E-state index is 13.5. The zero-order valence-corrected chi connectivity index (χ0v) is 24.9. The Labute approximate surface area is 245 Å². The van der Waals surface area contributed by atoms with Gasteiger partial charge in [-0.3, -0.25) is 19.9 Å². The van der Waals surface area contributed by atoms with E-state index in [-0.39, 0.29) is 11.9 Å². The number of anilines is 3. The lowest BCUT2D eigenvalue weighted by Gasteiger charge is -2.34. The molecule has 12 nitrogen and oxygen atoms in total. The van der Waals surface area contributed by atoms with Gasteiger partial charge in [-0.15, -0.1) is 0 Å². The number of ether oxygens (including phenoxy) is 2. The van der Waals surface area contributed by atoms with E-state index in [0.29, 0.717) is 61.3 Å². The highest BCUT2D eigenvalue weighted by molar-refractivity contribution is 7.99. The van der Waals surface area contributed by atoms with Crippen molar-refractivity contribution in [2.75, 3.05) is 81.0 Å². The molecule has 41 heavy (non-hydrogen) atoms. The number of piperazine rings is 1. The van der Waals surface area contributed by atoms with Crippen LogP contribution in [0.25, 0.3) is 0 Å². The van der Waals surface area contributed by atoms with Crippen LogP contribution in [0.1, 0.15) is 42.0 Å². The third kappa shape index (κ3) is 7.45. The predicted octanol–water partition coefficient (Wildman–Crippen LogP) is 3.06. The fourth-order valence-corrected chi connectivity index (χ4v) is 5.48. The molecule has 0 spiro atoms. The molecule has 0 atom stereocenters. The summed E-state index contributed by atoms with van der Waals surface area (Å²) in [4.78, 5) is 40.8. The van der Waals surface area contributed by atoms with Gasteiger partial charge in [0.15, 0.2) is 0 Å². The summed E-state index contributed by atoms with van der Waals surface area (Å²) >= 11 is 1.80. The maximum Gasteiger partial charge on any atom is 0.328 e. The SMILES string of the molecule is CCSCCNc1cc(NC(=O)N2CCCc3cc(CN4CCN(C)CC4=O)c(C(OC)OC)nc32)ncc1C#N. The van der Waals surface area contributed by atoms with E-state index in [4.69, 9.17) is 14.5 Å². The molecule has 1 saturated heterocycles. The molecule has 0 aromatic carbocycles. The second-order valence-electron chi connectivity index (χ2n) is 9.91. The van der Waals surface area contributed by atoms with Crippen molar-refractivity contribution in [2.24, 2.45) is 0 Å². The van der Waals surface area contributed by atoms with Crippen LogP contribution in [0.3, 0.4) is 0 Å². The Balaban J connectivity index is 1.58. The summed E-state index contributed by atoms with van der Waals surface area (Å²) in [5.41, 5.74) is 3.33. The molecule has 13 heteroatoms. The van der Waals surface area contributed by atoms with E-state index in [2.05, 4.69) is 28.6 Å². The highest BCUT2D eigenvalue weighted by Gasteiger charge is 2.30. The summed E-state index contributed by atoms with van der Waals surface area (Å²) in [6, 6.07) is 5.47. The van der Waals surface area contributed by atoms with Crippen LogP contribution in [-0.4, -0.2) is 97.2 Å². The number of pyridine rings is 2. The summed E-state index contributed by atoms with van der Waals surface area (Å²) in [7, 11) is 5.01. The van der Waals surface area contributed by atoms with Crippen molar-refractivity contribution in [1.82, 2.24) is 19.8 Å². The van der Waals surface area contributed by atoms with Gasteiger partial charge in [-0.2, -0.15) is 17.0 Å². The molecule has 2 N–H and O–H groups in total. The van der Waals surface area contributed by atoms with Crippen LogP contribution in [-0.2, 0) is 27.2 Å². The number of urea groups is 1. The minimum absolute atomic E-state index is 0.0581. The Hall–Kier alpha value is -3.44. The molecular formula is C28H38N8O4S. The number of amides is 3. The molecule has 0 bridgehead atoms. The minimum atomic E-state index is -0.760. The summed E-state index contributed by atoms with van der Waals surface area (Å²) in [6.07, 6.45) is 2.21. The van der Waals surface area contributed by atoms with Gasteiger partial charge in [0.05, 0.1) is 17.8 Å². The first-order chi connectivity index (χ1) is 19.9. The van der Waals surface area contributed by atoms with Gasteiger partial charge in [-0.1, -0.05) is 6.92 Å². The van der Waals surface area contributed by atoms with Crippen LogP contribution < -0.4 is 15.5 Å². The van der Waals surface area contributed by atoms with Gasteiger partial charge >= 0.3 is 6.03 Å². The molecule has 2 aromatic heterocycles. The third-order valence-corrected chi connectivity index (χ3v) is 7.97. The van der Waals surface area contributed by atoms with Gasteiger partial charge in [0, 0.05) is 65.0 Å². The summed E-state index contributed by atoms with van der Waals surface area (Å²) < 4.78 is 11.1. The number of aryl methyl sites for hydroxylation is 1. The molecule has 0 radical (unpaired) electrons. The van der Waals surface area contributed by atoms with Crippen LogP contribution in [0, 0.1) is 11.3 Å². The quantitative estimate of drug-likeness (QED) is 0.301. The Morgan fingerprint density at radius 3 is 2.76 bits per heavy atom. The Morgan fingerprint density at radius 2 is 2.05 bits per heavy atom. The monoisotopic (exact) mass is 582 g/mol. The Morgan fingerprint density at radius 1 is 1.24 bits per heavy atom. The van der Waals surface area contributed by atoms with Crippen molar-refractivity contribution < 1.29 is 19.1 Å². The number of nitriles is 1. The van der Waals surface area contributed by atoms with Gasteiger partial charge in [-0.05, 0) is 42.8 Å². The van der Waals surface area contributed by atoms with Crippen molar-refractivity contribution in [1.29, 1.82) is 5.26 Å². The van der Waals surface area contributed by atoms with Crippen molar-refractivity contribution in [3.8, 4) is 6.07 Å². The molecule has 3 amide bonds.